The third-order valence-electron chi connectivity index (χ3n) is 5.72. The first-order valence-corrected chi connectivity index (χ1v) is 10.5. The summed E-state index contributed by atoms with van der Waals surface area (Å²) in [4.78, 5) is 27.0. The van der Waals surface area contributed by atoms with E-state index in [0.717, 1.165) is 49.9 Å². The Labute approximate surface area is 172 Å². The van der Waals surface area contributed by atoms with Gasteiger partial charge in [-0.2, -0.15) is 0 Å². The van der Waals surface area contributed by atoms with Gasteiger partial charge in [-0.25, -0.2) is 0 Å². The Balaban J connectivity index is 1.29. The molecule has 0 radical (unpaired) electrons. The van der Waals surface area contributed by atoms with E-state index in [4.69, 9.17) is 4.74 Å². The number of likely N-dealkylation sites (tertiary alicyclic amines) is 1. The van der Waals surface area contributed by atoms with Crippen LogP contribution in [0.15, 0.2) is 48.5 Å². The Morgan fingerprint density at radius 3 is 2.38 bits per heavy atom. The van der Waals surface area contributed by atoms with Crippen LogP contribution in [0.2, 0.25) is 0 Å². The number of hydrogen-bond acceptors (Lipinski definition) is 3. The van der Waals surface area contributed by atoms with Gasteiger partial charge < -0.3 is 15.0 Å². The molecule has 2 aliphatic rings. The number of para-hydroxylation sites is 1. The molecule has 2 fully saturated rings. The topological polar surface area (TPSA) is 58.6 Å². The van der Waals surface area contributed by atoms with Crippen LogP contribution in [0.3, 0.4) is 0 Å². The van der Waals surface area contributed by atoms with Crippen LogP contribution in [0.5, 0.6) is 5.75 Å². The first kappa shape index (κ1) is 19.5. The molecule has 4 rings (SSSR count). The first-order chi connectivity index (χ1) is 14.1. The van der Waals surface area contributed by atoms with Crippen LogP contribution in [0.1, 0.15) is 52.0 Å². The molecule has 1 saturated carbocycles. The summed E-state index contributed by atoms with van der Waals surface area (Å²) < 4.78 is 6.03. The van der Waals surface area contributed by atoms with Gasteiger partial charge in [-0.3, -0.25) is 9.59 Å². The number of aryl methyl sites for hydroxylation is 1. The van der Waals surface area contributed by atoms with E-state index in [1.54, 1.807) is 0 Å². The average Bonchev–Trinajstić information content (AvgIpc) is 3.57. The van der Waals surface area contributed by atoms with Crippen LogP contribution in [0.25, 0.3) is 0 Å². The molecule has 29 heavy (non-hydrogen) atoms. The second-order valence-electron chi connectivity index (χ2n) is 8.16. The third-order valence-corrected chi connectivity index (χ3v) is 5.72. The molecule has 0 spiro atoms. The summed E-state index contributed by atoms with van der Waals surface area (Å²) in [6.07, 6.45) is 3.95. The molecule has 152 valence electrons. The maximum atomic E-state index is 12.7. The van der Waals surface area contributed by atoms with E-state index >= 15 is 0 Å². The monoisotopic (exact) mass is 392 g/mol. The average molecular weight is 392 g/mol. The Morgan fingerprint density at radius 1 is 1.00 bits per heavy atom. The Hall–Kier alpha value is -2.82. The van der Waals surface area contributed by atoms with Gasteiger partial charge in [-0.1, -0.05) is 29.8 Å². The molecule has 2 amide bonds. The minimum Gasteiger partial charge on any atom is -0.492 e. The van der Waals surface area contributed by atoms with Crippen molar-refractivity contribution in [2.24, 2.45) is 5.92 Å². The SMILES string of the molecule is Cc1ccc(C(=O)N2CCC(COc3ccccc3C(=O)NC3CC3)CC2)cc1. The van der Waals surface area contributed by atoms with Crippen molar-refractivity contribution in [1.29, 1.82) is 0 Å². The fourth-order valence-electron chi connectivity index (χ4n) is 3.66. The van der Waals surface area contributed by atoms with Crippen molar-refractivity contribution in [2.75, 3.05) is 19.7 Å². The number of piperidine rings is 1. The molecule has 1 aliphatic carbocycles. The number of nitrogens with one attached hydrogen (secondary N) is 1. The number of nitrogens with zero attached hydrogens (tertiary/aromatic N) is 1. The van der Waals surface area contributed by atoms with Crippen LogP contribution in [0, 0.1) is 12.8 Å². The molecule has 2 aromatic rings. The lowest BCUT2D eigenvalue weighted by molar-refractivity contribution is 0.0659. The first-order valence-electron chi connectivity index (χ1n) is 10.5. The van der Waals surface area contributed by atoms with Gasteiger partial charge in [-0.05, 0) is 62.8 Å². The quantitative estimate of drug-likeness (QED) is 0.813. The van der Waals surface area contributed by atoms with Crippen LogP contribution in [-0.2, 0) is 0 Å². The number of amides is 2. The highest BCUT2D eigenvalue weighted by molar-refractivity contribution is 5.97. The molecule has 1 heterocycles. The lowest BCUT2D eigenvalue weighted by Gasteiger charge is -2.32. The fraction of sp³-hybridized carbons (Fsp3) is 0.417. The molecule has 1 saturated heterocycles. The van der Waals surface area contributed by atoms with Gasteiger partial charge in [0.15, 0.2) is 0 Å². The van der Waals surface area contributed by atoms with Crippen molar-refractivity contribution in [2.45, 2.75) is 38.6 Å². The molecule has 1 aliphatic heterocycles. The van der Waals surface area contributed by atoms with E-state index < -0.39 is 0 Å². The number of benzene rings is 2. The maximum absolute atomic E-state index is 12.7. The van der Waals surface area contributed by atoms with E-state index in [0.29, 0.717) is 29.9 Å². The second kappa shape index (κ2) is 8.68. The van der Waals surface area contributed by atoms with Crippen molar-refractivity contribution in [3.8, 4) is 5.75 Å². The second-order valence-corrected chi connectivity index (χ2v) is 8.16. The molecule has 0 aromatic heterocycles. The molecular formula is C24H28N2O3. The van der Waals surface area contributed by atoms with Gasteiger partial charge in [0.1, 0.15) is 5.75 Å². The van der Waals surface area contributed by atoms with Gasteiger partial charge in [0.25, 0.3) is 11.8 Å². The van der Waals surface area contributed by atoms with E-state index in [1.807, 2.05) is 60.4 Å². The number of ether oxygens (including phenoxy) is 1. The van der Waals surface area contributed by atoms with Gasteiger partial charge >= 0.3 is 0 Å². The van der Waals surface area contributed by atoms with Gasteiger partial charge in [0.2, 0.25) is 0 Å². The van der Waals surface area contributed by atoms with Crippen LogP contribution in [0.4, 0.5) is 0 Å². The van der Waals surface area contributed by atoms with Crippen LogP contribution in [-0.4, -0.2) is 42.5 Å². The number of carbonyl (C=O) groups is 2. The lowest BCUT2D eigenvalue weighted by atomic mass is 9.97. The van der Waals surface area contributed by atoms with Crippen molar-refractivity contribution in [1.82, 2.24) is 10.2 Å². The lowest BCUT2D eigenvalue weighted by Crippen LogP contribution is -2.39. The molecule has 0 atom stereocenters. The molecule has 2 aromatic carbocycles. The zero-order valence-electron chi connectivity index (χ0n) is 16.9. The summed E-state index contributed by atoms with van der Waals surface area (Å²) in [6.45, 7) is 4.07. The predicted octanol–water partition coefficient (Wildman–Crippen LogP) is 3.82. The normalized spacial score (nSPS) is 17.1. The standard InChI is InChI=1S/C24H28N2O3/c1-17-6-8-19(9-7-17)24(28)26-14-12-18(13-15-26)16-29-22-5-3-2-4-21(22)23(27)25-20-10-11-20/h2-9,18,20H,10-16H2,1H3,(H,25,27). The fourth-order valence-corrected chi connectivity index (χ4v) is 3.66. The molecule has 5 nitrogen and oxygen atoms in total. The van der Waals surface area contributed by atoms with Crippen molar-refractivity contribution >= 4 is 11.8 Å². The molecule has 0 bridgehead atoms. The van der Waals surface area contributed by atoms with Crippen LogP contribution < -0.4 is 10.1 Å². The summed E-state index contributed by atoms with van der Waals surface area (Å²) in [7, 11) is 0. The molecule has 5 heteroatoms. The van der Waals surface area contributed by atoms with Crippen molar-refractivity contribution in [3.63, 3.8) is 0 Å². The Kier molecular flexibility index (Phi) is 5.84. The summed E-state index contributed by atoms with van der Waals surface area (Å²) in [6, 6.07) is 15.5. The van der Waals surface area contributed by atoms with E-state index in [1.165, 1.54) is 0 Å². The Morgan fingerprint density at radius 2 is 1.69 bits per heavy atom. The number of rotatable bonds is 6. The minimum absolute atomic E-state index is 0.0541. The maximum Gasteiger partial charge on any atom is 0.255 e. The largest absolute Gasteiger partial charge is 0.492 e. The molecule has 1 N–H and O–H groups in total. The zero-order valence-corrected chi connectivity index (χ0v) is 16.9. The van der Waals surface area contributed by atoms with E-state index in [9.17, 15) is 9.59 Å². The van der Waals surface area contributed by atoms with E-state index in [2.05, 4.69) is 5.32 Å². The van der Waals surface area contributed by atoms with Gasteiger partial charge in [0.05, 0.1) is 12.2 Å². The third kappa shape index (κ3) is 4.97. The summed E-state index contributed by atoms with van der Waals surface area (Å²) in [5.41, 5.74) is 2.51. The highest BCUT2D eigenvalue weighted by Crippen LogP contribution is 2.25. The Bertz CT molecular complexity index is 866. The van der Waals surface area contributed by atoms with E-state index in [-0.39, 0.29) is 11.8 Å². The zero-order chi connectivity index (χ0) is 20.2. The predicted molar refractivity (Wildman–Crippen MR) is 112 cm³/mol. The smallest absolute Gasteiger partial charge is 0.255 e. The number of hydrogen-bond donors (Lipinski definition) is 1. The van der Waals surface area contributed by atoms with Crippen molar-refractivity contribution in [3.05, 3.63) is 65.2 Å². The van der Waals surface area contributed by atoms with Crippen LogP contribution >= 0.6 is 0 Å². The summed E-state index contributed by atoms with van der Waals surface area (Å²) in [5, 5.41) is 3.02. The summed E-state index contributed by atoms with van der Waals surface area (Å²) in [5.74, 6) is 1.08. The number of carbonyl (C=O) groups excluding carboxylic acids is 2. The molecule has 0 unspecified atom stereocenters. The molecular weight excluding hydrogens is 364 g/mol. The summed E-state index contributed by atoms with van der Waals surface area (Å²) >= 11 is 0. The van der Waals surface area contributed by atoms with Gasteiger partial charge in [0, 0.05) is 24.7 Å². The van der Waals surface area contributed by atoms with Crippen molar-refractivity contribution < 1.29 is 14.3 Å². The highest BCUT2D eigenvalue weighted by atomic mass is 16.5. The van der Waals surface area contributed by atoms with Gasteiger partial charge in [-0.15, -0.1) is 0 Å². The minimum atomic E-state index is -0.0541. The highest BCUT2D eigenvalue weighted by Gasteiger charge is 2.26.